The zero-order chi connectivity index (χ0) is 22.3. The van der Waals surface area contributed by atoms with Crippen molar-refractivity contribution in [3.63, 3.8) is 0 Å². The smallest absolute Gasteiger partial charge is 0.301 e. The van der Waals surface area contributed by atoms with E-state index in [9.17, 15) is 14.7 Å². The third-order valence-electron chi connectivity index (χ3n) is 5.08. The summed E-state index contributed by atoms with van der Waals surface area (Å²) in [5.74, 6) is -1.65. The summed E-state index contributed by atoms with van der Waals surface area (Å²) in [6.07, 6.45) is 3.15. The van der Waals surface area contributed by atoms with E-state index in [-0.39, 0.29) is 16.9 Å². The number of benzene rings is 1. The van der Waals surface area contributed by atoms with Crippen molar-refractivity contribution >= 4 is 45.5 Å². The maximum Gasteiger partial charge on any atom is 0.301 e. The summed E-state index contributed by atoms with van der Waals surface area (Å²) in [5, 5.41) is 11.9. The molecule has 1 fully saturated rings. The van der Waals surface area contributed by atoms with Gasteiger partial charge in [-0.25, -0.2) is 4.98 Å². The Morgan fingerprint density at radius 3 is 2.65 bits per heavy atom. The van der Waals surface area contributed by atoms with E-state index in [2.05, 4.69) is 9.97 Å². The Morgan fingerprint density at radius 1 is 1.26 bits per heavy atom. The summed E-state index contributed by atoms with van der Waals surface area (Å²) in [4.78, 5) is 37.1. The van der Waals surface area contributed by atoms with Gasteiger partial charge in [0.05, 0.1) is 30.0 Å². The maximum absolute atomic E-state index is 13.1. The molecule has 3 heterocycles. The molecule has 4 rings (SSSR count). The van der Waals surface area contributed by atoms with Gasteiger partial charge in [-0.2, -0.15) is 0 Å². The maximum atomic E-state index is 13.1. The Labute approximate surface area is 187 Å². The predicted octanol–water partition coefficient (Wildman–Crippen LogP) is 4.44. The number of aromatic nitrogens is 2. The van der Waals surface area contributed by atoms with Gasteiger partial charge >= 0.3 is 5.91 Å². The highest BCUT2D eigenvalue weighted by atomic mass is 35.5. The van der Waals surface area contributed by atoms with Crippen molar-refractivity contribution in [2.45, 2.75) is 19.9 Å². The lowest BCUT2D eigenvalue weighted by Gasteiger charge is -2.22. The van der Waals surface area contributed by atoms with Crippen LogP contribution in [-0.2, 0) is 9.59 Å². The first-order valence-electron chi connectivity index (χ1n) is 9.32. The summed E-state index contributed by atoms with van der Waals surface area (Å²) >= 11 is 7.42. The number of aliphatic hydroxyl groups is 1. The number of nitrogens with zero attached hydrogens (tertiary/aromatic N) is 3. The first-order valence-corrected chi connectivity index (χ1v) is 10.5. The van der Waals surface area contributed by atoms with E-state index in [1.54, 1.807) is 36.7 Å². The van der Waals surface area contributed by atoms with Gasteiger partial charge in [0, 0.05) is 22.3 Å². The van der Waals surface area contributed by atoms with Crippen molar-refractivity contribution < 1.29 is 19.4 Å². The number of thiazole rings is 1. The number of amides is 1. The second kappa shape index (κ2) is 8.13. The number of hydrogen-bond donors (Lipinski definition) is 1. The molecule has 0 aliphatic carbocycles. The van der Waals surface area contributed by atoms with E-state index in [1.807, 2.05) is 13.8 Å². The molecular weight excluding hydrogens is 438 g/mol. The Hall–Kier alpha value is -3.23. The van der Waals surface area contributed by atoms with Crippen LogP contribution in [0.15, 0.2) is 48.3 Å². The van der Waals surface area contributed by atoms with Gasteiger partial charge in [0.2, 0.25) is 0 Å². The van der Waals surface area contributed by atoms with Crippen molar-refractivity contribution in [2.75, 3.05) is 12.0 Å². The lowest BCUT2D eigenvalue weighted by molar-refractivity contribution is -0.132. The Bertz CT molecular complexity index is 1200. The molecule has 0 bridgehead atoms. The van der Waals surface area contributed by atoms with E-state index in [4.69, 9.17) is 16.3 Å². The average molecular weight is 456 g/mol. The monoisotopic (exact) mass is 455 g/mol. The summed E-state index contributed by atoms with van der Waals surface area (Å²) in [5.41, 5.74) is 1.47. The van der Waals surface area contributed by atoms with E-state index < -0.39 is 17.7 Å². The van der Waals surface area contributed by atoms with Crippen molar-refractivity contribution in [1.82, 2.24) is 9.97 Å². The number of halogens is 1. The van der Waals surface area contributed by atoms with Gasteiger partial charge < -0.3 is 9.84 Å². The molecule has 158 valence electrons. The van der Waals surface area contributed by atoms with Crippen LogP contribution >= 0.6 is 22.9 Å². The third kappa shape index (κ3) is 3.58. The number of anilines is 1. The SMILES string of the molecule is COc1ccc(Cl)cc1/C(O)=C1\C(=O)C(=O)N(c2nc(C)c(C)s2)C1c1cccnc1. The van der Waals surface area contributed by atoms with Gasteiger partial charge in [0.25, 0.3) is 5.78 Å². The number of ketones is 1. The van der Waals surface area contributed by atoms with Crippen molar-refractivity contribution in [1.29, 1.82) is 0 Å². The van der Waals surface area contributed by atoms with E-state index in [0.717, 1.165) is 10.6 Å². The largest absolute Gasteiger partial charge is 0.507 e. The van der Waals surface area contributed by atoms with Gasteiger partial charge in [-0.3, -0.25) is 19.5 Å². The van der Waals surface area contributed by atoms with Crippen LogP contribution in [0.4, 0.5) is 5.13 Å². The predicted molar refractivity (Wildman–Crippen MR) is 119 cm³/mol. The number of Topliss-reactive ketones (excluding diaryl/α,β-unsaturated/α-hetero) is 1. The Kier molecular flexibility index (Phi) is 5.51. The molecule has 9 heteroatoms. The van der Waals surface area contributed by atoms with E-state index in [1.165, 1.54) is 29.4 Å². The van der Waals surface area contributed by atoms with Gasteiger partial charge in [-0.1, -0.05) is 17.7 Å². The molecule has 1 aromatic carbocycles. The second-order valence-corrected chi connectivity index (χ2v) is 8.56. The molecule has 1 aliphatic heterocycles. The lowest BCUT2D eigenvalue weighted by Crippen LogP contribution is -2.29. The number of hydrogen-bond acceptors (Lipinski definition) is 7. The number of ether oxygens (including phenoxy) is 1. The molecule has 3 aromatic rings. The fourth-order valence-electron chi connectivity index (χ4n) is 3.45. The molecule has 1 saturated heterocycles. The Morgan fingerprint density at radius 2 is 2.03 bits per heavy atom. The third-order valence-corrected chi connectivity index (χ3v) is 6.39. The molecule has 1 N–H and O–H groups in total. The highest BCUT2D eigenvalue weighted by molar-refractivity contribution is 7.16. The number of carbonyl (C=O) groups excluding carboxylic acids is 2. The van der Waals surface area contributed by atoms with Gasteiger partial charge in [-0.05, 0) is 43.7 Å². The first-order chi connectivity index (χ1) is 14.8. The highest BCUT2D eigenvalue weighted by Gasteiger charge is 2.48. The second-order valence-electron chi connectivity index (χ2n) is 6.94. The highest BCUT2D eigenvalue weighted by Crippen LogP contribution is 2.44. The number of methoxy groups -OCH3 is 1. The van der Waals surface area contributed by atoms with E-state index in [0.29, 0.717) is 21.5 Å². The molecule has 31 heavy (non-hydrogen) atoms. The zero-order valence-corrected chi connectivity index (χ0v) is 18.5. The molecule has 0 radical (unpaired) electrons. The minimum atomic E-state index is -0.901. The summed E-state index contributed by atoms with van der Waals surface area (Å²) in [6, 6.07) is 7.22. The zero-order valence-electron chi connectivity index (χ0n) is 16.9. The van der Waals surface area contributed by atoms with Gasteiger partial charge in [0.15, 0.2) is 5.13 Å². The van der Waals surface area contributed by atoms with Crippen LogP contribution in [0, 0.1) is 13.8 Å². The molecule has 7 nitrogen and oxygen atoms in total. The van der Waals surface area contributed by atoms with Gasteiger partial charge in [-0.15, -0.1) is 11.3 Å². The fraction of sp³-hybridized carbons (Fsp3) is 0.182. The van der Waals surface area contributed by atoms with Crippen molar-refractivity contribution in [2.24, 2.45) is 0 Å². The van der Waals surface area contributed by atoms with Crippen LogP contribution in [0.5, 0.6) is 5.75 Å². The normalized spacial score (nSPS) is 17.9. The number of pyridine rings is 1. The lowest BCUT2D eigenvalue weighted by atomic mass is 9.96. The summed E-state index contributed by atoms with van der Waals surface area (Å²) < 4.78 is 5.33. The summed E-state index contributed by atoms with van der Waals surface area (Å²) in [7, 11) is 1.44. The van der Waals surface area contributed by atoms with Crippen molar-refractivity contribution in [3.05, 3.63) is 75.0 Å². The molecule has 1 amide bonds. The van der Waals surface area contributed by atoms with Crippen LogP contribution < -0.4 is 9.64 Å². The molecule has 0 saturated carbocycles. The average Bonchev–Trinajstić information content (AvgIpc) is 3.23. The van der Waals surface area contributed by atoms with Crippen LogP contribution in [-0.4, -0.2) is 33.9 Å². The summed E-state index contributed by atoms with van der Waals surface area (Å²) in [6.45, 7) is 3.73. The molecule has 1 atom stereocenters. The van der Waals surface area contributed by atoms with Crippen LogP contribution in [0.2, 0.25) is 5.02 Å². The standard InChI is InChI=1S/C22H18ClN3O4S/c1-11-12(2)31-22(25-11)26-18(13-5-4-8-24-10-13)17(20(28)21(26)29)19(27)15-9-14(23)6-7-16(15)30-3/h4-10,18,27H,1-3H3/b19-17+. The topological polar surface area (TPSA) is 92.6 Å². The first kappa shape index (κ1) is 21.0. The number of rotatable bonds is 4. The molecular formula is C22H18ClN3O4S. The number of aryl methyl sites for hydroxylation is 2. The molecule has 1 aliphatic rings. The quantitative estimate of drug-likeness (QED) is 0.355. The van der Waals surface area contributed by atoms with Crippen LogP contribution in [0.3, 0.4) is 0 Å². The molecule has 0 spiro atoms. The number of carbonyl (C=O) groups is 2. The van der Waals surface area contributed by atoms with Gasteiger partial charge in [0.1, 0.15) is 11.5 Å². The van der Waals surface area contributed by atoms with Crippen LogP contribution in [0.1, 0.15) is 27.7 Å². The molecule has 1 unspecified atom stereocenters. The Balaban J connectivity index is 1.98. The molecule has 2 aromatic heterocycles. The minimum Gasteiger partial charge on any atom is -0.507 e. The van der Waals surface area contributed by atoms with E-state index >= 15 is 0 Å². The van der Waals surface area contributed by atoms with Crippen LogP contribution in [0.25, 0.3) is 5.76 Å². The van der Waals surface area contributed by atoms with Crippen molar-refractivity contribution in [3.8, 4) is 5.75 Å². The fourth-order valence-corrected chi connectivity index (χ4v) is 4.56. The minimum absolute atomic E-state index is 0.0796. The number of aliphatic hydroxyl groups excluding tert-OH is 1.